The largest absolute Gasteiger partial charge is 0.343 e. The number of hydrogen-bond acceptors (Lipinski definition) is 7. The fourth-order valence-electron chi connectivity index (χ4n) is 4.83. The van der Waals surface area contributed by atoms with Crippen LogP contribution in [0.15, 0.2) is 46.3 Å². The van der Waals surface area contributed by atoms with Gasteiger partial charge in [-0.15, -0.1) is 11.3 Å². The van der Waals surface area contributed by atoms with E-state index in [1.165, 1.54) is 4.88 Å². The summed E-state index contributed by atoms with van der Waals surface area (Å²) in [6.07, 6.45) is 3.57. The van der Waals surface area contributed by atoms with E-state index in [0.717, 1.165) is 47.0 Å². The third-order valence-electron chi connectivity index (χ3n) is 7.16. The number of fused-ring (bicyclic) bond motifs is 1. The fraction of sp³-hybridized carbons (Fsp3) is 0.500. The van der Waals surface area contributed by atoms with E-state index in [-0.39, 0.29) is 28.9 Å². The maximum atomic E-state index is 13.0. The summed E-state index contributed by atoms with van der Waals surface area (Å²) in [5.41, 5.74) is 1.05. The Morgan fingerprint density at radius 2 is 1.85 bits per heavy atom. The van der Waals surface area contributed by atoms with E-state index in [4.69, 9.17) is 21.4 Å². The lowest BCUT2D eigenvalue weighted by Crippen LogP contribution is -2.38. The Balaban J connectivity index is 1.34. The molecule has 0 unspecified atom stereocenters. The summed E-state index contributed by atoms with van der Waals surface area (Å²) in [6, 6.07) is 10.3. The van der Waals surface area contributed by atoms with Crippen LogP contribution in [-0.4, -0.2) is 56.3 Å². The first-order valence-corrected chi connectivity index (χ1v) is 16.1. The third-order valence-corrected chi connectivity index (χ3v) is 10.5. The van der Waals surface area contributed by atoms with Crippen LogP contribution in [0.4, 0.5) is 0 Å². The van der Waals surface area contributed by atoms with Gasteiger partial charge in [0.1, 0.15) is 6.61 Å². The van der Waals surface area contributed by atoms with Crippen molar-refractivity contribution < 1.29 is 23.0 Å². The minimum atomic E-state index is -3.59. The summed E-state index contributed by atoms with van der Waals surface area (Å²) < 4.78 is 28.0. The van der Waals surface area contributed by atoms with Crippen molar-refractivity contribution in [3.63, 3.8) is 0 Å². The molecule has 0 spiro atoms. The third kappa shape index (κ3) is 7.29. The fourth-order valence-corrected chi connectivity index (χ4v) is 7.52. The Morgan fingerprint density at radius 3 is 2.56 bits per heavy atom. The monoisotopic (exact) mass is 593 g/mol. The first-order valence-electron chi connectivity index (χ1n) is 13.3. The van der Waals surface area contributed by atoms with Crippen molar-refractivity contribution in [2.75, 3.05) is 32.5 Å². The Morgan fingerprint density at radius 1 is 1.13 bits per heavy atom. The molecule has 0 saturated carbocycles. The molecule has 2 heterocycles. The van der Waals surface area contributed by atoms with Gasteiger partial charge in [-0.1, -0.05) is 37.1 Å². The number of carbonyl (C=O) groups excluding carboxylic acids is 1. The number of unbranched alkanes of at least 4 members (excludes halogenated alkanes) is 1. The van der Waals surface area contributed by atoms with E-state index in [1.807, 2.05) is 11.6 Å². The van der Waals surface area contributed by atoms with Gasteiger partial charge in [-0.3, -0.25) is 9.79 Å². The van der Waals surface area contributed by atoms with E-state index < -0.39 is 9.84 Å². The molecule has 1 fully saturated rings. The molecule has 0 atom stereocenters. The topological polar surface area (TPSA) is 90.2 Å². The maximum absolute atomic E-state index is 13.0. The highest BCUT2D eigenvalue weighted by atomic mass is 35.5. The normalized spacial score (nSPS) is 15.4. The maximum Gasteiger partial charge on any atom is 0.223 e. The van der Waals surface area contributed by atoms with Crippen molar-refractivity contribution in [3.8, 4) is 0 Å². The number of hydrogen-bond donors (Lipinski definition) is 0. The summed E-state index contributed by atoms with van der Waals surface area (Å²) in [7, 11) is 0.169. The number of halogens is 1. The molecule has 1 aromatic heterocycles. The second-order valence-electron chi connectivity index (χ2n) is 9.79. The van der Waals surface area contributed by atoms with Gasteiger partial charge in [0.2, 0.25) is 5.91 Å². The zero-order chi connectivity index (χ0) is 28.0. The van der Waals surface area contributed by atoms with Crippen LogP contribution >= 0.6 is 22.9 Å². The highest BCUT2D eigenvalue weighted by Crippen LogP contribution is 2.33. The van der Waals surface area contributed by atoms with Crippen molar-refractivity contribution in [1.82, 2.24) is 9.47 Å². The molecule has 1 aliphatic heterocycles. The van der Waals surface area contributed by atoms with E-state index in [1.54, 1.807) is 59.7 Å². The number of aromatic nitrogens is 1. The van der Waals surface area contributed by atoms with E-state index in [2.05, 4.69) is 11.9 Å². The van der Waals surface area contributed by atoms with Gasteiger partial charge in [0.25, 0.3) is 0 Å². The average Bonchev–Trinajstić information content (AvgIpc) is 3.26. The Kier molecular flexibility index (Phi) is 10.2. The first-order chi connectivity index (χ1) is 18.7. The second kappa shape index (κ2) is 13.4. The van der Waals surface area contributed by atoms with E-state index >= 15 is 0 Å². The minimum absolute atomic E-state index is 0.0351. The smallest absolute Gasteiger partial charge is 0.223 e. The first kappa shape index (κ1) is 29.7. The standard InChI is InChI=1S/C28H36ClN3O5S2/c1-4-5-15-36-37-19-25-27(38-28(30-2)31(25)3)20-10-13-32(14-11-20)26(33)12-16-39(34,35)24-9-7-21-17-23(29)8-6-22(21)18-24/h6-9,17-18,20H,4-5,10-16,19H2,1-3H3. The molecule has 39 heavy (non-hydrogen) atoms. The van der Waals surface area contributed by atoms with Crippen LogP contribution in [0.1, 0.15) is 55.5 Å². The Hall–Kier alpha value is -2.24. The molecule has 4 rings (SSSR count). The highest BCUT2D eigenvalue weighted by molar-refractivity contribution is 7.91. The second-order valence-corrected chi connectivity index (χ2v) is 13.3. The van der Waals surface area contributed by atoms with Gasteiger partial charge in [-0.25, -0.2) is 18.2 Å². The molecule has 1 aliphatic rings. The van der Waals surface area contributed by atoms with Crippen LogP contribution in [0.3, 0.4) is 0 Å². The molecule has 0 N–H and O–H groups in total. The summed E-state index contributed by atoms with van der Waals surface area (Å²) in [5.74, 6) is -0.0600. The molecule has 1 amide bonds. The number of sulfone groups is 1. The molecule has 212 valence electrons. The lowest BCUT2D eigenvalue weighted by atomic mass is 9.94. The number of benzene rings is 2. The number of nitrogens with zero attached hydrogens (tertiary/aromatic N) is 3. The molecule has 0 aliphatic carbocycles. The molecule has 3 aromatic rings. The molecule has 2 aromatic carbocycles. The van der Waals surface area contributed by atoms with Crippen LogP contribution < -0.4 is 4.80 Å². The van der Waals surface area contributed by atoms with E-state index in [0.29, 0.717) is 31.3 Å². The lowest BCUT2D eigenvalue weighted by Gasteiger charge is -2.32. The molecule has 0 bridgehead atoms. The summed E-state index contributed by atoms with van der Waals surface area (Å²) in [5, 5.41) is 2.27. The van der Waals surface area contributed by atoms with Gasteiger partial charge < -0.3 is 9.47 Å². The average molecular weight is 594 g/mol. The van der Waals surface area contributed by atoms with Gasteiger partial charge in [0.05, 0.1) is 22.9 Å². The van der Waals surface area contributed by atoms with Crippen molar-refractivity contribution in [3.05, 3.63) is 56.8 Å². The predicted molar refractivity (Wildman–Crippen MR) is 155 cm³/mol. The summed E-state index contributed by atoms with van der Waals surface area (Å²) in [4.78, 5) is 32.3. The number of rotatable bonds is 11. The van der Waals surface area contributed by atoms with Crippen LogP contribution in [0, 0.1) is 0 Å². The van der Waals surface area contributed by atoms with E-state index in [9.17, 15) is 13.2 Å². The number of thiazole rings is 1. The summed E-state index contributed by atoms with van der Waals surface area (Å²) >= 11 is 7.69. The minimum Gasteiger partial charge on any atom is -0.343 e. The van der Waals surface area contributed by atoms with Crippen molar-refractivity contribution in [2.45, 2.75) is 56.4 Å². The Labute approximate surface area is 239 Å². The summed E-state index contributed by atoms with van der Waals surface area (Å²) in [6.45, 7) is 4.20. The van der Waals surface area contributed by atoms with Gasteiger partial charge in [0.15, 0.2) is 14.6 Å². The number of carbonyl (C=O) groups is 1. The predicted octanol–water partition coefficient (Wildman–Crippen LogP) is 5.24. The van der Waals surface area contributed by atoms with Gasteiger partial charge in [0, 0.05) is 43.5 Å². The quantitative estimate of drug-likeness (QED) is 0.172. The zero-order valence-electron chi connectivity index (χ0n) is 22.7. The molecule has 8 nitrogen and oxygen atoms in total. The highest BCUT2D eigenvalue weighted by Gasteiger charge is 2.28. The molecular weight excluding hydrogens is 558 g/mol. The van der Waals surface area contributed by atoms with Crippen molar-refractivity contribution in [2.24, 2.45) is 12.0 Å². The Bertz CT molecular complexity index is 1470. The molecule has 11 heteroatoms. The van der Waals surface area contributed by atoms with Crippen molar-refractivity contribution >= 4 is 49.5 Å². The number of piperidine rings is 1. The van der Waals surface area contributed by atoms with Crippen molar-refractivity contribution in [1.29, 1.82) is 0 Å². The van der Waals surface area contributed by atoms with Crippen LogP contribution in [0.5, 0.6) is 0 Å². The van der Waals surface area contributed by atoms with Crippen LogP contribution in [0.25, 0.3) is 10.8 Å². The molecular formula is C28H36ClN3O5S2. The number of likely N-dealkylation sites (tertiary alicyclic amines) is 1. The molecule has 1 saturated heterocycles. The SMILES string of the molecule is CCCCOOCc1c(C2CCN(C(=O)CCS(=O)(=O)c3ccc4cc(Cl)ccc4c3)CC2)sc(=NC)n1C. The van der Waals surface area contributed by atoms with Crippen LogP contribution in [0.2, 0.25) is 5.02 Å². The van der Waals surface area contributed by atoms with Crippen LogP contribution in [-0.2, 0) is 38.1 Å². The van der Waals surface area contributed by atoms with Gasteiger partial charge >= 0.3 is 0 Å². The van der Waals surface area contributed by atoms with Gasteiger partial charge in [-0.05, 0) is 60.2 Å². The van der Waals surface area contributed by atoms with Gasteiger partial charge in [-0.2, -0.15) is 0 Å². The lowest BCUT2D eigenvalue weighted by molar-refractivity contribution is -0.305. The zero-order valence-corrected chi connectivity index (χ0v) is 25.1. The molecule has 0 radical (unpaired) electrons. The number of amides is 1.